The van der Waals surface area contributed by atoms with Crippen LogP contribution in [-0.4, -0.2) is 15.0 Å². The van der Waals surface area contributed by atoms with Crippen molar-refractivity contribution in [2.24, 2.45) is 0 Å². The van der Waals surface area contributed by atoms with Gasteiger partial charge >= 0.3 is 0 Å². The molecule has 0 amide bonds. The van der Waals surface area contributed by atoms with E-state index in [0.717, 1.165) is 23.1 Å². The highest BCUT2D eigenvalue weighted by atomic mass is 35.5. The first kappa shape index (κ1) is 13.2. The molecule has 2 rings (SSSR count). The lowest BCUT2D eigenvalue weighted by molar-refractivity contribution is 0.846. The van der Waals surface area contributed by atoms with Gasteiger partial charge in [-0.05, 0) is 13.8 Å². The van der Waals surface area contributed by atoms with Crippen molar-refractivity contribution in [3.8, 4) is 0 Å². The second kappa shape index (κ2) is 5.63. The van der Waals surface area contributed by atoms with E-state index in [1.54, 1.807) is 17.4 Å². The van der Waals surface area contributed by atoms with Gasteiger partial charge in [0, 0.05) is 23.6 Å². The fourth-order valence-corrected chi connectivity index (χ4v) is 2.53. The zero-order valence-corrected chi connectivity index (χ0v) is 12.1. The van der Waals surface area contributed by atoms with Crippen LogP contribution >= 0.6 is 22.9 Å². The van der Waals surface area contributed by atoms with Gasteiger partial charge in [-0.25, -0.2) is 15.0 Å². The van der Waals surface area contributed by atoms with Crippen LogP contribution in [0.4, 0.5) is 5.82 Å². The van der Waals surface area contributed by atoms with Crippen molar-refractivity contribution in [1.82, 2.24) is 15.0 Å². The van der Waals surface area contributed by atoms with Crippen LogP contribution in [0.15, 0.2) is 12.3 Å². The van der Waals surface area contributed by atoms with Gasteiger partial charge in [-0.3, -0.25) is 0 Å². The summed E-state index contributed by atoms with van der Waals surface area (Å²) in [6, 6.07) is 1.84. The first-order valence-corrected chi connectivity index (χ1v) is 7.00. The number of aromatic nitrogens is 3. The zero-order chi connectivity index (χ0) is 13.1. The molecule has 4 nitrogen and oxygen atoms in total. The van der Waals surface area contributed by atoms with E-state index in [1.165, 1.54) is 4.88 Å². The maximum atomic E-state index is 5.96. The molecular formula is C12H15ClN4S. The Hall–Kier alpha value is -1.20. The van der Waals surface area contributed by atoms with E-state index in [2.05, 4.69) is 27.2 Å². The Kier molecular flexibility index (Phi) is 4.14. The number of nitrogens with one attached hydrogen (secondary N) is 1. The van der Waals surface area contributed by atoms with E-state index < -0.39 is 0 Å². The van der Waals surface area contributed by atoms with Gasteiger partial charge in [-0.2, -0.15) is 0 Å². The number of halogens is 1. The number of anilines is 1. The summed E-state index contributed by atoms with van der Waals surface area (Å²) in [4.78, 5) is 14.1. The molecule has 2 heterocycles. The van der Waals surface area contributed by atoms with Crippen molar-refractivity contribution >= 4 is 28.8 Å². The van der Waals surface area contributed by atoms with Crippen molar-refractivity contribution < 1.29 is 0 Å². The van der Waals surface area contributed by atoms with Crippen LogP contribution in [0, 0.1) is 6.92 Å². The summed E-state index contributed by atoms with van der Waals surface area (Å²) < 4.78 is 0. The summed E-state index contributed by atoms with van der Waals surface area (Å²) in [6.45, 7) is 6.10. The van der Waals surface area contributed by atoms with Gasteiger partial charge in [0.2, 0.25) is 0 Å². The van der Waals surface area contributed by atoms with Gasteiger partial charge in [-0.15, -0.1) is 11.3 Å². The van der Waals surface area contributed by atoms with Crippen molar-refractivity contribution in [2.45, 2.75) is 33.2 Å². The van der Waals surface area contributed by atoms with Crippen molar-refractivity contribution in [2.75, 3.05) is 5.32 Å². The largest absolute Gasteiger partial charge is 0.361 e. The molecule has 1 atom stereocenters. The van der Waals surface area contributed by atoms with Crippen molar-refractivity contribution in [3.05, 3.63) is 33.1 Å². The Balaban J connectivity index is 2.16. The molecule has 6 heteroatoms. The smallest absolute Gasteiger partial charge is 0.134 e. The molecule has 0 spiro atoms. The predicted octanol–water partition coefficient (Wildman–Crippen LogP) is 3.63. The van der Waals surface area contributed by atoms with E-state index in [1.807, 2.05) is 20.0 Å². The summed E-state index contributed by atoms with van der Waals surface area (Å²) in [5, 5.41) is 4.81. The van der Waals surface area contributed by atoms with Crippen molar-refractivity contribution in [3.63, 3.8) is 0 Å². The lowest BCUT2D eigenvalue weighted by Crippen LogP contribution is -2.09. The van der Waals surface area contributed by atoms with Crippen molar-refractivity contribution in [1.29, 1.82) is 0 Å². The Morgan fingerprint density at radius 1 is 1.44 bits per heavy atom. The van der Waals surface area contributed by atoms with Gasteiger partial charge < -0.3 is 5.32 Å². The molecule has 0 aromatic carbocycles. The minimum atomic E-state index is 0.111. The molecule has 0 aliphatic rings. The highest BCUT2D eigenvalue weighted by Crippen LogP contribution is 2.23. The molecule has 18 heavy (non-hydrogen) atoms. The average Bonchev–Trinajstić information content (AvgIpc) is 2.75. The third-order valence-electron chi connectivity index (χ3n) is 2.43. The van der Waals surface area contributed by atoms with Crippen LogP contribution in [-0.2, 0) is 6.42 Å². The number of hydrogen-bond donors (Lipinski definition) is 1. The molecule has 96 valence electrons. The minimum absolute atomic E-state index is 0.111. The number of hydrogen-bond acceptors (Lipinski definition) is 5. The Morgan fingerprint density at radius 3 is 2.83 bits per heavy atom. The summed E-state index contributed by atoms with van der Waals surface area (Å²) in [7, 11) is 0. The van der Waals surface area contributed by atoms with Gasteiger partial charge in [-0.1, -0.05) is 18.5 Å². The topological polar surface area (TPSA) is 50.7 Å². The lowest BCUT2D eigenvalue weighted by atomic mass is 10.3. The standard InChI is InChI=1S/C12H15ClN4S/c1-4-10-16-9(13)5-11(17-10)15-8(3)12-14-6-7(2)18-12/h5-6,8H,4H2,1-3H3,(H,15,16,17). The quantitative estimate of drug-likeness (QED) is 0.870. The average molecular weight is 283 g/mol. The van der Waals surface area contributed by atoms with E-state index >= 15 is 0 Å². The summed E-state index contributed by atoms with van der Waals surface area (Å²) in [5.74, 6) is 1.49. The molecule has 0 saturated carbocycles. The molecule has 0 aliphatic carbocycles. The third-order valence-corrected chi connectivity index (χ3v) is 3.72. The zero-order valence-electron chi connectivity index (χ0n) is 10.6. The van der Waals surface area contributed by atoms with Crippen LogP contribution in [0.2, 0.25) is 5.15 Å². The van der Waals surface area contributed by atoms with Crippen LogP contribution < -0.4 is 5.32 Å². The molecule has 1 N–H and O–H groups in total. The lowest BCUT2D eigenvalue weighted by Gasteiger charge is -2.12. The molecule has 2 aromatic rings. The van der Waals surface area contributed by atoms with E-state index in [0.29, 0.717) is 5.15 Å². The molecule has 0 aliphatic heterocycles. The highest BCUT2D eigenvalue weighted by Gasteiger charge is 2.11. The van der Waals surface area contributed by atoms with Gasteiger partial charge in [0.05, 0.1) is 6.04 Å². The predicted molar refractivity (Wildman–Crippen MR) is 75.3 cm³/mol. The van der Waals surface area contributed by atoms with E-state index in [4.69, 9.17) is 11.6 Å². The fraction of sp³-hybridized carbons (Fsp3) is 0.417. The Labute approximate surface area is 115 Å². The molecule has 0 radical (unpaired) electrons. The summed E-state index contributed by atoms with van der Waals surface area (Å²) in [5.41, 5.74) is 0. The maximum Gasteiger partial charge on any atom is 0.134 e. The number of nitrogens with zero attached hydrogens (tertiary/aromatic N) is 3. The molecule has 2 aromatic heterocycles. The van der Waals surface area contributed by atoms with E-state index in [9.17, 15) is 0 Å². The summed E-state index contributed by atoms with van der Waals surface area (Å²) in [6.07, 6.45) is 2.64. The Bertz CT molecular complexity index is 541. The van der Waals surface area contributed by atoms with Gasteiger partial charge in [0.15, 0.2) is 0 Å². The van der Waals surface area contributed by atoms with Gasteiger partial charge in [0.1, 0.15) is 21.8 Å². The van der Waals surface area contributed by atoms with Crippen LogP contribution in [0.1, 0.15) is 35.6 Å². The van der Waals surface area contributed by atoms with Crippen LogP contribution in [0.25, 0.3) is 0 Å². The maximum absolute atomic E-state index is 5.96. The Morgan fingerprint density at radius 2 is 2.22 bits per heavy atom. The minimum Gasteiger partial charge on any atom is -0.361 e. The SMILES string of the molecule is CCc1nc(Cl)cc(NC(C)c2ncc(C)s2)n1. The monoisotopic (exact) mass is 282 g/mol. The van der Waals surface area contributed by atoms with Gasteiger partial charge in [0.25, 0.3) is 0 Å². The molecular weight excluding hydrogens is 268 g/mol. The normalized spacial score (nSPS) is 12.4. The number of rotatable bonds is 4. The second-order valence-corrected chi connectivity index (χ2v) is 5.67. The van der Waals surface area contributed by atoms with Crippen LogP contribution in [0.5, 0.6) is 0 Å². The highest BCUT2D eigenvalue weighted by molar-refractivity contribution is 7.11. The fourth-order valence-electron chi connectivity index (χ4n) is 1.55. The number of thiazole rings is 1. The number of aryl methyl sites for hydroxylation is 2. The molecule has 0 saturated heterocycles. The van der Waals surface area contributed by atoms with Crippen LogP contribution in [0.3, 0.4) is 0 Å². The second-order valence-electron chi connectivity index (χ2n) is 4.02. The summed E-state index contributed by atoms with van der Waals surface area (Å²) >= 11 is 7.64. The first-order valence-electron chi connectivity index (χ1n) is 5.80. The molecule has 1 unspecified atom stereocenters. The third kappa shape index (κ3) is 3.17. The molecule has 0 bridgehead atoms. The van der Waals surface area contributed by atoms with E-state index in [-0.39, 0.29) is 6.04 Å². The first-order chi connectivity index (χ1) is 8.58. The molecule has 0 fully saturated rings.